The minimum Gasteiger partial charge on any atom is -0.304 e. The van der Waals surface area contributed by atoms with Gasteiger partial charge in [-0.3, -0.25) is 4.79 Å². The lowest BCUT2D eigenvalue weighted by Gasteiger charge is -2.27. The van der Waals surface area contributed by atoms with Crippen molar-refractivity contribution < 1.29 is 9.59 Å². The third-order valence-electron chi connectivity index (χ3n) is 4.12. The van der Waals surface area contributed by atoms with E-state index in [9.17, 15) is 9.59 Å². The first kappa shape index (κ1) is 16.4. The van der Waals surface area contributed by atoms with Gasteiger partial charge in [0, 0.05) is 6.20 Å². The van der Waals surface area contributed by atoms with Crippen LogP contribution in [0.2, 0.25) is 5.28 Å². The van der Waals surface area contributed by atoms with Crippen LogP contribution in [0.5, 0.6) is 0 Å². The molecule has 1 aliphatic rings. The van der Waals surface area contributed by atoms with Crippen molar-refractivity contribution in [3.8, 4) is 0 Å². The maximum atomic E-state index is 12.9. The van der Waals surface area contributed by atoms with Gasteiger partial charge in [0.05, 0.1) is 17.9 Å². The molecule has 0 unspecified atom stereocenters. The molecule has 1 aliphatic heterocycles. The molecule has 1 fully saturated rings. The molecule has 24 heavy (non-hydrogen) atoms. The number of aryl methyl sites for hydroxylation is 1. The fourth-order valence-corrected chi connectivity index (χ4v) is 2.81. The van der Waals surface area contributed by atoms with E-state index in [0.29, 0.717) is 11.4 Å². The highest BCUT2D eigenvalue weighted by molar-refractivity contribution is 6.28. The number of halogens is 1. The Balaban J connectivity index is 1.94. The van der Waals surface area contributed by atoms with Gasteiger partial charge in [0.15, 0.2) is 0 Å². The summed E-state index contributed by atoms with van der Waals surface area (Å²) >= 11 is 5.80. The van der Waals surface area contributed by atoms with Gasteiger partial charge in [-0.25, -0.2) is 19.7 Å². The third kappa shape index (κ3) is 2.73. The Labute approximate surface area is 145 Å². The molecule has 0 aliphatic carbocycles. The maximum Gasteiger partial charge on any atom is 0.332 e. The number of rotatable bonds is 3. The number of hydrogen-bond donors (Lipinski definition) is 0. The topological polar surface area (TPSA) is 66.4 Å². The molecular formula is C17H17ClN4O2. The van der Waals surface area contributed by atoms with Crippen LogP contribution in [0.4, 0.5) is 10.5 Å². The van der Waals surface area contributed by atoms with Crippen LogP contribution >= 0.6 is 11.6 Å². The summed E-state index contributed by atoms with van der Waals surface area (Å²) < 4.78 is 0. The summed E-state index contributed by atoms with van der Waals surface area (Å²) in [7, 11) is 0. The fraction of sp³-hybridized carbons (Fsp3) is 0.294. The molecule has 1 aromatic heterocycles. The number of imide groups is 1. The van der Waals surface area contributed by atoms with Crippen LogP contribution in [0.3, 0.4) is 0 Å². The van der Waals surface area contributed by atoms with Gasteiger partial charge in [-0.05, 0) is 50.6 Å². The van der Waals surface area contributed by atoms with Crippen LogP contribution in [0.25, 0.3) is 0 Å². The van der Waals surface area contributed by atoms with Crippen molar-refractivity contribution in [1.82, 2.24) is 14.9 Å². The summed E-state index contributed by atoms with van der Waals surface area (Å²) in [6.45, 7) is 5.59. The lowest BCUT2D eigenvalue weighted by Crippen LogP contribution is -2.43. The summed E-state index contributed by atoms with van der Waals surface area (Å²) in [5.41, 5.74) is 1.23. The number of nitrogens with zero attached hydrogens (tertiary/aromatic N) is 4. The van der Waals surface area contributed by atoms with Crippen molar-refractivity contribution in [1.29, 1.82) is 0 Å². The molecule has 0 atom stereocenters. The standard InChI is InChI=1S/C17H17ClN4O2/c1-11-4-6-13(7-5-11)22-14(23)17(2,3)21(16(22)24)10-12-8-9-19-15(18)20-12/h4-9H,10H2,1-3H3. The Morgan fingerprint density at radius 2 is 1.79 bits per heavy atom. The van der Waals surface area contributed by atoms with E-state index in [2.05, 4.69) is 9.97 Å². The summed E-state index contributed by atoms with van der Waals surface area (Å²) in [6.07, 6.45) is 1.53. The number of aromatic nitrogens is 2. The molecule has 6 nitrogen and oxygen atoms in total. The van der Waals surface area contributed by atoms with E-state index in [0.717, 1.165) is 5.56 Å². The molecule has 2 heterocycles. The molecule has 1 aromatic carbocycles. The van der Waals surface area contributed by atoms with Crippen molar-refractivity contribution in [2.24, 2.45) is 0 Å². The number of amides is 3. The Morgan fingerprint density at radius 3 is 2.42 bits per heavy atom. The third-order valence-corrected chi connectivity index (χ3v) is 4.30. The first-order chi connectivity index (χ1) is 11.3. The van der Waals surface area contributed by atoms with Crippen LogP contribution in [-0.2, 0) is 11.3 Å². The zero-order chi connectivity index (χ0) is 17.5. The predicted molar refractivity (Wildman–Crippen MR) is 90.7 cm³/mol. The highest BCUT2D eigenvalue weighted by atomic mass is 35.5. The molecule has 124 valence electrons. The van der Waals surface area contributed by atoms with Gasteiger partial charge >= 0.3 is 6.03 Å². The van der Waals surface area contributed by atoms with Crippen molar-refractivity contribution in [3.05, 3.63) is 53.1 Å². The largest absolute Gasteiger partial charge is 0.332 e. The quantitative estimate of drug-likeness (QED) is 0.633. The predicted octanol–water partition coefficient (Wildman–Crippen LogP) is 3.19. The second-order valence-corrected chi connectivity index (χ2v) is 6.56. The molecule has 1 saturated heterocycles. The summed E-state index contributed by atoms with van der Waals surface area (Å²) in [4.78, 5) is 36.3. The first-order valence-electron chi connectivity index (χ1n) is 7.51. The van der Waals surface area contributed by atoms with E-state index >= 15 is 0 Å². The average Bonchev–Trinajstić information content (AvgIpc) is 2.69. The van der Waals surface area contributed by atoms with E-state index in [-0.39, 0.29) is 23.8 Å². The van der Waals surface area contributed by atoms with E-state index in [4.69, 9.17) is 11.6 Å². The second kappa shape index (κ2) is 5.87. The second-order valence-electron chi connectivity index (χ2n) is 6.22. The molecule has 7 heteroatoms. The summed E-state index contributed by atoms with van der Waals surface area (Å²) in [5, 5.41) is 0.110. The Bertz CT molecular complexity index is 804. The smallest absolute Gasteiger partial charge is 0.304 e. The summed E-state index contributed by atoms with van der Waals surface area (Å²) in [6, 6.07) is 8.58. The van der Waals surface area contributed by atoms with Gasteiger partial charge in [0.2, 0.25) is 5.28 Å². The molecule has 3 rings (SSSR count). The number of hydrogen-bond acceptors (Lipinski definition) is 4. The minimum atomic E-state index is -0.973. The first-order valence-corrected chi connectivity index (χ1v) is 7.89. The van der Waals surface area contributed by atoms with Crippen molar-refractivity contribution in [2.45, 2.75) is 32.9 Å². The van der Waals surface area contributed by atoms with Crippen molar-refractivity contribution in [3.63, 3.8) is 0 Å². The van der Waals surface area contributed by atoms with Crippen molar-refractivity contribution >= 4 is 29.2 Å². The zero-order valence-electron chi connectivity index (χ0n) is 13.7. The maximum absolute atomic E-state index is 12.9. The van der Waals surface area contributed by atoms with Crippen LogP contribution in [0.1, 0.15) is 25.1 Å². The molecule has 0 saturated carbocycles. The fourth-order valence-electron chi connectivity index (χ4n) is 2.64. The zero-order valence-corrected chi connectivity index (χ0v) is 14.4. The van der Waals surface area contributed by atoms with E-state index < -0.39 is 5.54 Å². The van der Waals surface area contributed by atoms with Crippen LogP contribution in [0.15, 0.2) is 36.5 Å². The molecule has 0 bridgehead atoms. The van der Waals surface area contributed by atoms with Crippen LogP contribution in [-0.4, -0.2) is 32.3 Å². The van der Waals surface area contributed by atoms with Crippen molar-refractivity contribution in [2.75, 3.05) is 4.90 Å². The van der Waals surface area contributed by atoms with Gasteiger partial charge < -0.3 is 4.90 Å². The lowest BCUT2D eigenvalue weighted by atomic mass is 10.0. The van der Waals surface area contributed by atoms with Gasteiger partial charge in [0.25, 0.3) is 5.91 Å². The van der Waals surface area contributed by atoms with E-state index in [1.54, 1.807) is 32.0 Å². The lowest BCUT2D eigenvalue weighted by molar-refractivity contribution is -0.123. The van der Waals surface area contributed by atoms with E-state index in [1.807, 2.05) is 19.1 Å². The Kier molecular flexibility index (Phi) is 4.01. The van der Waals surface area contributed by atoms with Gasteiger partial charge in [-0.1, -0.05) is 17.7 Å². The monoisotopic (exact) mass is 344 g/mol. The van der Waals surface area contributed by atoms with Gasteiger partial charge in [-0.2, -0.15) is 0 Å². The minimum absolute atomic E-state index is 0.110. The average molecular weight is 345 g/mol. The molecule has 2 aromatic rings. The summed E-state index contributed by atoms with van der Waals surface area (Å²) in [5.74, 6) is -0.267. The molecular weight excluding hydrogens is 328 g/mol. The van der Waals surface area contributed by atoms with Gasteiger partial charge in [-0.15, -0.1) is 0 Å². The number of urea groups is 1. The van der Waals surface area contributed by atoms with Crippen LogP contribution in [0, 0.1) is 6.92 Å². The number of carbonyl (C=O) groups excluding carboxylic acids is 2. The Morgan fingerprint density at radius 1 is 1.12 bits per heavy atom. The molecule has 0 N–H and O–H groups in total. The van der Waals surface area contributed by atoms with Gasteiger partial charge in [0.1, 0.15) is 5.54 Å². The highest BCUT2D eigenvalue weighted by Gasteiger charge is 2.51. The highest BCUT2D eigenvalue weighted by Crippen LogP contribution is 2.33. The van der Waals surface area contributed by atoms with Crippen LogP contribution < -0.4 is 4.90 Å². The molecule has 0 spiro atoms. The normalized spacial score (nSPS) is 16.8. The number of benzene rings is 1. The Hall–Kier alpha value is -2.47. The van der Waals surface area contributed by atoms with E-state index in [1.165, 1.54) is 16.0 Å². The number of anilines is 1. The SMILES string of the molecule is Cc1ccc(N2C(=O)N(Cc3ccnc(Cl)n3)C(C)(C)C2=O)cc1. The molecule has 0 radical (unpaired) electrons. The molecule has 3 amide bonds. The number of carbonyl (C=O) groups is 2.